The van der Waals surface area contributed by atoms with Gasteiger partial charge in [0, 0.05) is 25.7 Å². The first-order valence-electron chi connectivity index (χ1n) is 7.86. The van der Waals surface area contributed by atoms with Gasteiger partial charge in [-0.3, -0.25) is 4.90 Å². The molecule has 0 bridgehead atoms. The van der Waals surface area contributed by atoms with Crippen molar-refractivity contribution in [1.29, 1.82) is 0 Å². The van der Waals surface area contributed by atoms with Crippen LogP contribution < -0.4 is 5.32 Å². The summed E-state index contributed by atoms with van der Waals surface area (Å²) in [4.78, 5) is 2.37. The number of nitrogens with zero attached hydrogens (tertiary/aromatic N) is 1. The van der Waals surface area contributed by atoms with E-state index in [2.05, 4.69) is 62.3 Å². The van der Waals surface area contributed by atoms with Crippen LogP contribution in [0.4, 0.5) is 0 Å². The van der Waals surface area contributed by atoms with Crippen molar-refractivity contribution in [1.82, 2.24) is 10.2 Å². The molecule has 0 saturated carbocycles. The third-order valence-corrected chi connectivity index (χ3v) is 3.61. The largest absolute Gasteiger partial charge is 0.310 e. The van der Waals surface area contributed by atoms with Crippen molar-refractivity contribution >= 4 is 0 Å². The number of aryl methyl sites for hydroxylation is 2. The zero-order valence-corrected chi connectivity index (χ0v) is 13.9. The molecule has 21 heavy (non-hydrogen) atoms. The van der Waals surface area contributed by atoms with E-state index in [0.717, 1.165) is 32.6 Å². The fourth-order valence-corrected chi connectivity index (χ4v) is 2.78. The molecule has 116 valence electrons. The van der Waals surface area contributed by atoms with Crippen molar-refractivity contribution in [3.05, 3.63) is 60.2 Å². The summed E-state index contributed by atoms with van der Waals surface area (Å²) in [6.45, 7) is 18.0. The minimum Gasteiger partial charge on any atom is -0.310 e. The van der Waals surface area contributed by atoms with Gasteiger partial charge in [-0.15, -0.1) is 13.2 Å². The fraction of sp³-hybridized carbons (Fsp3) is 0.474. The number of rotatable bonds is 10. The lowest BCUT2D eigenvalue weighted by Gasteiger charge is -2.24. The van der Waals surface area contributed by atoms with Crippen molar-refractivity contribution in [2.45, 2.75) is 33.2 Å². The van der Waals surface area contributed by atoms with Crippen LogP contribution in [0.1, 0.15) is 36.1 Å². The van der Waals surface area contributed by atoms with Gasteiger partial charge in [-0.2, -0.15) is 0 Å². The molecule has 0 radical (unpaired) electrons. The molecule has 0 amide bonds. The summed E-state index contributed by atoms with van der Waals surface area (Å²) in [5.41, 5.74) is 4.07. The van der Waals surface area contributed by atoms with Crippen LogP contribution in [-0.4, -0.2) is 31.1 Å². The van der Waals surface area contributed by atoms with E-state index in [9.17, 15) is 0 Å². The van der Waals surface area contributed by atoms with Crippen molar-refractivity contribution in [2.24, 2.45) is 0 Å². The Morgan fingerprint density at radius 2 is 1.67 bits per heavy atom. The summed E-state index contributed by atoms with van der Waals surface area (Å²) in [7, 11) is 0. The predicted octanol–water partition coefficient (Wildman–Crippen LogP) is 4.02. The predicted molar refractivity (Wildman–Crippen MR) is 93.8 cm³/mol. The first kappa shape index (κ1) is 17.7. The van der Waals surface area contributed by atoms with E-state index < -0.39 is 0 Å². The van der Waals surface area contributed by atoms with Crippen LogP contribution in [0.25, 0.3) is 0 Å². The second-order valence-electron chi connectivity index (χ2n) is 5.66. The van der Waals surface area contributed by atoms with Gasteiger partial charge in [-0.25, -0.2) is 0 Å². The lowest BCUT2D eigenvalue weighted by atomic mass is 9.99. The SMILES string of the molecule is C=CCN(CC=C)CCC(NCC)c1cc(C)cc(C)c1. The second-order valence-corrected chi connectivity index (χ2v) is 5.66. The van der Waals surface area contributed by atoms with Crippen molar-refractivity contribution < 1.29 is 0 Å². The van der Waals surface area contributed by atoms with E-state index in [-0.39, 0.29) is 0 Å². The van der Waals surface area contributed by atoms with E-state index >= 15 is 0 Å². The molecule has 1 atom stereocenters. The number of benzene rings is 1. The molecule has 0 heterocycles. The van der Waals surface area contributed by atoms with Gasteiger partial charge >= 0.3 is 0 Å². The highest BCUT2D eigenvalue weighted by molar-refractivity contribution is 5.30. The normalized spacial score (nSPS) is 12.4. The quantitative estimate of drug-likeness (QED) is 0.654. The van der Waals surface area contributed by atoms with E-state index in [1.807, 2.05) is 12.2 Å². The summed E-state index contributed by atoms with van der Waals surface area (Å²) < 4.78 is 0. The molecular weight excluding hydrogens is 256 g/mol. The van der Waals surface area contributed by atoms with Crippen LogP contribution in [0, 0.1) is 13.8 Å². The molecule has 0 saturated heterocycles. The molecule has 2 nitrogen and oxygen atoms in total. The van der Waals surface area contributed by atoms with Gasteiger partial charge in [-0.05, 0) is 32.4 Å². The lowest BCUT2D eigenvalue weighted by Crippen LogP contribution is -2.30. The fourth-order valence-electron chi connectivity index (χ4n) is 2.78. The molecule has 1 rings (SSSR count). The maximum Gasteiger partial charge on any atom is 0.0332 e. The summed E-state index contributed by atoms with van der Waals surface area (Å²) in [6, 6.07) is 7.23. The minimum atomic E-state index is 0.408. The standard InChI is InChI=1S/C19H30N2/c1-6-10-21(11-7-2)12-9-19(20-8-3)18-14-16(4)13-17(5)15-18/h6-7,13-15,19-20H,1-2,8-12H2,3-5H3. The monoisotopic (exact) mass is 286 g/mol. The molecule has 0 spiro atoms. The van der Waals surface area contributed by atoms with Gasteiger partial charge in [0.25, 0.3) is 0 Å². The average molecular weight is 286 g/mol. The first-order valence-corrected chi connectivity index (χ1v) is 7.86. The second kappa shape index (κ2) is 9.54. The third-order valence-electron chi connectivity index (χ3n) is 3.61. The molecule has 0 aliphatic rings. The summed E-state index contributed by atoms with van der Waals surface area (Å²) in [5, 5.41) is 3.61. The summed E-state index contributed by atoms with van der Waals surface area (Å²) in [5.74, 6) is 0. The molecule has 2 heteroatoms. The van der Waals surface area contributed by atoms with E-state index in [0.29, 0.717) is 6.04 Å². The van der Waals surface area contributed by atoms with Gasteiger partial charge < -0.3 is 5.32 Å². The number of hydrogen-bond donors (Lipinski definition) is 1. The maximum absolute atomic E-state index is 3.84. The zero-order valence-electron chi connectivity index (χ0n) is 13.9. The Morgan fingerprint density at radius 1 is 1.10 bits per heavy atom. The molecule has 1 N–H and O–H groups in total. The summed E-state index contributed by atoms with van der Waals surface area (Å²) >= 11 is 0. The van der Waals surface area contributed by atoms with Gasteiger partial charge in [0.2, 0.25) is 0 Å². The Hall–Kier alpha value is -1.38. The number of nitrogens with one attached hydrogen (secondary N) is 1. The lowest BCUT2D eigenvalue weighted by molar-refractivity contribution is 0.308. The van der Waals surface area contributed by atoms with E-state index in [4.69, 9.17) is 0 Å². The van der Waals surface area contributed by atoms with Crippen LogP contribution in [0.15, 0.2) is 43.5 Å². The van der Waals surface area contributed by atoms with Gasteiger partial charge in [0.1, 0.15) is 0 Å². The summed E-state index contributed by atoms with van der Waals surface area (Å²) in [6.07, 6.45) is 5.02. The molecule has 1 aromatic rings. The van der Waals surface area contributed by atoms with Gasteiger partial charge in [-0.1, -0.05) is 48.4 Å². The Morgan fingerprint density at radius 3 is 2.14 bits per heavy atom. The molecule has 1 unspecified atom stereocenters. The average Bonchev–Trinajstić information content (AvgIpc) is 2.42. The van der Waals surface area contributed by atoms with Crippen LogP contribution in [-0.2, 0) is 0 Å². The topological polar surface area (TPSA) is 15.3 Å². The van der Waals surface area contributed by atoms with Crippen LogP contribution in [0.5, 0.6) is 0 Å². The Labute approximate surface area is 130 Å². The molecule has 0 fully saturated rings. The minimum absolute atomic E-state index is 0.408. The molecule has 0 aliphatic heterocycles. The van der Waals surface area contributed by atoms with Gasteiger partial charge in [0.15, 0.2) is 0 Å². The Bertz CT molecular complexity index is 421. The highest BCUT2D eigenvalue weighted by atomic mass is 15.1. The molecular formula is C19H30N2. The molecule has 1 aromatic carbocycles. The zero-order chi connectivity index (χ0) is 15.7. The third kappa shape index (κ3) is 6.28. The maximum atomic E-state index is 3.84. The van der Waals surface area contributed by atoms with E-state index in [1.54, 1.807) is 0 Å². The Kier molecular flexibility index (Phi) is 8.03. The first-order chi connectivity index (χ1) is 10.1. The van der Waals surface area contributed by atoms with Crippen molar-refractivity contribution in [3.8, 4) is 0 Å². The molecule has 0 aliphatic carbocycles. The van der Waals surface area contributed by atoms with Crippen LogP contribution >= 0.6 is 0 Å². The Balaban J connectivity index is 2.76. The van der Waals surface area contributed by atoms with Crippen molar-refractivity contribution in [3.63, 3.8) is 0 Å². The smallest absolute Gasteiger partial charge is 0.0332 e. The molecule has 0 aromatic heterocycles. The highest BCUT2D eigenvalue weighted by Gasteiger charge is 2.12. The van der Waals surface area contributed by atoms with E-state index in [1.165, 1.54) is 16.7 Å². The van der Waals surface area contributed by atoms with Gasteiger partial charge in [0.05, 0.1) is 0 Å². The number of hydrogen-bond acceptors (Lipinski definition) is 2. The van der Waals surface area contributed by atoms with Crippen molar-refractivity contribution in [2.75, 3.05) is 26.2 Å². The van der Waals surface area contributed by atoms with Crippen LogP contribution in [0.2, 0.25) is 0 Å². The highest BCUT2D eigenvalue weighted by Crippen LogP contribution is 2.20. The van der Waals surface area contributed by atoms with Crippen LogP contribution in [0.3, 0.4) is 0 Å².